The van der Waals surface area contributed by atoms with Crippen molar-refractivity contribution in [2.24, 2.45) is 5.92 Å². The number of methoxy groups -OCH3 is 2. The van der Waals surface area contributed by atoms with Gasteiger partial charge in [-0.25, -0.2) is 0 Å². The van der Waals surface area contributed by atoms with Crippen molar-refractivity contribution in [1.29, 1.82) is 0 Å². The van der Waals surface area contributed by atoms with Crippen LogP contribution in [0.1, 0.15) is 19.4 Å². The number of hydrogen-bond acceptors (Lipinski definition) is 3. The van der Waals surface area contributed by atoms with E-state index >= 15 is 0 Å². The van der Waals surface area contributed by atoms with Gasteiger partial charge < -0.3 is 14.6 Å². The molecule has 0 aromatic heterocycles. The summed E-state index contributed by atoms with van der Waals surface area (Å²) in [5.74, 6) is 1.69. The van der Waals surface area contributed by atoms with Gasteiger partial charge in [-0.1, -0.05) is 26.0 Å². The van der Waals surface area contributed by atoms with E-state index in [0.717, 1.165) is 11.1 Å². The lowest BCUT2D eigenvalue weighted by Gasteiger charge is -2.13. The highest BCUT2D eigenvalue weighted by molar-refractivity contribution is 5.64. The van der Waals surface area contributed by atoms with Crippen molar-refractivity contribution in [2.75, 3.05) is 20.8 Å². The molecule has 0 saturated heterocycles. The quantitative estimate of drug-likeness (QED) is 0.854. The van der Waals surface area contributed by atoms with Crippen LogP contribution >= 0.6 is 0 Å². The van der Waals surface area contributed by atoms with E-state index in [0.29, 0.717) is 17.4 Å². The molecule has 0 radical (unpaired) electrons. The largest absolute Gasteiger partial charge is 0.493 e. The average Bonchev–Trinajstić information content (AvgIpc) is 2.34. The second kappa shape index (κ2) is 6.30. The van der Waals surface area contributed by atoms with Crippen molar-refractivity contribution in [3.8, 4) is 11.5 Å². The predicted octanol–water partition coefficient (Wildman–Crippen LogP) is 2.74. The van der Waals surface area contributed by atoms with Crippen LogP contribution in [-0.2, 0) is 0 Å². The molecule has 0 saturated carbocycles. The van der Waals surface area contributed by atoms with E-state index in [1.165, 1.54) is 0 Å². The van der Waals surface area contributed by atoms with Crippen molar-refractivity contribution in [3.63, 3.8) is 0 Å². The summed E-state index contributed by atoms with van der Waals surface area (Å²) in [6.45, 7) is 4.15. The maximum Gasteiger partial charge on any atom is 0.167 e. The highest BCUT2D eigenvalue weighted by Gasteiger charge is 2.09. The van der Waals surface area contributed by atoms with Crippen molar-refractivity contribution in [3.05, 3.63) is 29.3 Å². The topological polar surface area (TPSA) is 38.7 Å². The summed E-state index contributed by atoms with van der Waals surface area (Å²) >= 11 is 0. The van der Waals surface area contributed by atoms with Gasteiger partial charge in [0, 0.05) is 5.56 Å². The Balaban J connectivity index is 3.21. The third kappa shape index (κ3) is 3.24. The molecule has 1 N–H and O–H groups in total. The van der Waals surface area contributed by atoms with E-state index in [9.17, 15) is 5.11 Å². The molecule has 0 heterocycles. The number of ether oxygens (including phenoxy) is 2. The van der Waals surface area contributed by atoms with Gasteiger partial charge in [-0.2, -0.15) is 0 Å². The van der Waals surface area contributed by atoms with Gasteiger partial charge in [0.25, 0.3) is 0 Å². The average molecular weight is 236 g/mol. The molecule has 0 bridgehead atoms. The second-order valence-corrected chi connectivity index (χ2v) is 4.11. The fourth-order valence-corrected chi connectivity index (χ4v) is 1.62. The van der Waals surface area contributed by atoms with Crippen LogP contribution in [0.15, 0.2) is 23.8 Å². The molecular weight excluding hydrogens is 216 g/mol. The lowest BCUT2D eigenvalue weighted by molar-refractivity contribution is 0.320. The van der Waals surface area contributed by atoms with E-state index in [1.54, 1.807) is 14.2 Å². The third-order valence-electron chi connectivity index (χ3n) is 2.70. The second-order valence-electron chi connectivity index (χ2n) is 4.11. The Morgan fingerprint density at radius 2 is 2.00 bits per heavy atom. The fourth-order valence-electron chi connectivity index (χ4n) is 1.62. The molecule has 94 valence electrons. The lowest BCUT2D eigenvalue weighted by atomic mass is 10.0. The summed E-state index contributed by atoms with van der Waals surface area (Å²) in [5, 5.41) is 9.31. The van der Waals surface area contributed by atoms with Crippen LogP contribution < -0.4 is 9.47 Å². The van der Waals surface area contributed by atoms with Gasteiger partial charge in [-0.15, -0.1) is 0 Å². The van der Waals surface area contributed by atoms with Crippen molar-refractivity contribution in [1.82, 2.24) is 0 Å². The Hall–Kier alpha value is -1.48. The van der Waals surface area contributed by atoms with Gasteiger partial charge in [0.15, 0.2) is 11.5 Å². The zero-order valence-electron chi connectivity index (χ0n) is 10.9. The van der Waals surface area contributed by atoms with Crippen LogP contribution in [0.4, 0.5) is 0 Å². The zero-order valence-corrected chi connectivity index (χ0v) is 10.9. The molecule has 1 aromatic carbocycles. The summed E-state index contributed by atoms with van der Waals surface area (Å²) in [7, 11) is 3.23. The minimum absolute atomic E-state index is 0.0536. The standard InChI is InChI=1S/C14H20O3/c1-10(2)12(9-15)8-11-6-5-7-13(16-3)14(11)17-4/h5-8,10,15H,9H2,1-4H3. The first-order chi connectivity index (χ1) is 8.13. The molecule has 0 unspecified atom stereocenters. The molecule has 0 spiro atoms. The molecule has 3 heteroatoms. The van der Waals surface area contributed by atoms with Crippen LogP contribution in [0.2, 0.25) is 0 Å². The Morgan fingerprint density at radius 1 is 1.29 bits per heavy atom. The maximum atomic E-state index is 9.31. The van der Waals surface area contributed by atoms with Gasteiger partial charge in [0.1, 0.15) is 0 Å². The number of aliphatic hydroxyl groups excluding tert-OH is 1. The van der Waals surface area contributed by atoms with E-state index in [2.05, 4.69) is 13.8 Å². The SMILES string of the molecule is COc1cccc(C=C(CO)C(C)C)c1OC. The molecule has 0 aliphatic heterocycles. The monoisotopic (exact) mass is 236 g/mol. The fraction of sp³-hybridized carbons (Fsp3) is 0.429. The van der Waals surface area contributed by atoms with Gasteiger partial charge >= 0.3 is 0 Å². The smallest absolute Gasteiger partial charge is 0.167 e. The van der Waals surface area contributed by atoms with Gasteiger partial charge in [-0.05, 0) is 23.6 Å². The van der Waals surface area contributed by atoms with E-state index < -0.39 is 0 Å². The molecule has 0 aliphatic carbocycles. The number of aliphatic hydroxyl groups is 1. The summed E-state index contributed by atoms with van der Waals surface area (Å²) < 4.78 is 10.6. The minimum Gasteiger partial charge on any atom is -0.493 e. The molecule has 17 heavy (non-hydrogen) atoms. The maximum absolute atomic E-state index is 9.31. The highest BCUT2D eigenvalue weighted by atomic mass is 16.5. The van der Waals surface area contributed by atoms with Crippen LogP contribution in [0.25, 0.3) is 6.08 Å². The van der Waals surface area contributed by atoms with Crippen LogP contribution in [0.3, 0.4) is 0 Å². The molecular formula is C14H20O3. The van der Waals surface area contributed by atoms with Gasteiger partial charge in [0.2, 0.25) is 0 Å². The zero-order chi connectivity index (χ0) is 12.8. The number of benzene rings is 1. The first-order valence-electron chi connectivity index (χ1n) is 5.66. The lowest BCUT2D eigenvalue weighted by Crippen LogP contribution is -2.00. The van der Waals surface area contributed by atoms with Crippen molar-refractivity contribution in [2.45, 2.75) is 13.8 Å². The molecule has 0 atom stereocenters. The van der Waals surface area contributed by atoms with E-state index in [1.807, 2.05) is 24.3 Å². The molecule has 0 fully saturated rings. The third-order valence-corrected chi connectivity index (χ3v) is 2.70. The number of hydrogen-bond donors (Lipinski definition) is 1. The Kier molecular flexibility index (Phi) is 5.04. The van der Waals surface area contributed by atoms with E-state index in [-0.39, 0.29) is 6.61 Å². The first-order valence-corrected chi connectivity index (χ1v) is 5.66. The van der Waals surface area contributed by atoms with Gasteiger partial charge in [0.05, 0.1) is 20.8 Å². The number of rotatable bonds is 5. The van der Waals surface area contributed by atoms with E-state index in [4.69, 9.17) is 9.47 Å². The Labute approximate surface area is 103 Å². The summed E-state index contributed by atoms with van der Waals surface area (Å²) in [6.07, 6.45) is 1.95. The molecule has 0 amide bonds. The van der Waals surface area contributed by atoms with Crippen molar-refractivity contribution < 1.29 is 14.6 Å². The predicted molar refractivity (Wildman–Crippen MR) is 69.4 cm³/mol. The number of para-hydroxylation sites is 1. The summed E-state index contributed by atoms with van der Waals surface area (Å²) in [6, 6.07) is 5.70. The van der Waals surface area contributed by atoms with Crippen LogP contribution in [0, 0.1) is 5.92 Å². The van der Waals surface area contributed by atoms with Crippen LogP contribution in [0.5, 0.6) is 11.5 Å². The summed E-state index contributed by atoms with van der Waals surface area (Å²) in [4.78, 5) is 0. The molecule has 0 aliphatic rings. The molecule has 1 aromatic rings. The highest BCUT2D eigenvalue weighted by Crippen LogP contribution is 2.32. The Morgan fingerprint density at radius 3 is 2.47 bits per heavy atom. The molecule has 1 rings (SSSR count). The minimum atomic E-state index is 0.0536. The van der Waals surface area contributed by atoms with Gasteiger partial charge in [-0.3, -0.25) is 0 Å². The first kappa shape index (κ1) is 13.6. The molecule has 3 nitrogen and oxygen atoms in total. The van der Waals surface area contributed by atoms with Crippen LogP contribution in [-0.4, -0.2) is 25.9 Å². The summed E-state index contributed by atoms with van der Waals surface area (Å²) in [5.41, 5.74) is 1.89. The van der Waals surface area contributed by atoms with Crippen molar-refractivity contribution >= 4 is 6.08 Å². The normalized spacial score (nSPS) is 11.8. The Bertz CT molecular complexity index is 394.